The molecular weight excluding hydrogens is 390 g/mol. The number of nitrogens with zero attached hydrogens (tertiary/aromatic N) is 2. The lowest BCUT2D eigenvalue weighted by molar-refractivity contribution is 0.0946. The Morgan fingerprint density at radius 1 is 1.13 bits per heavy atom. The van der Waals surface area contributed by atoms with Crippen molar-refractivity contribution >= 4 is 5.91 Å². The number of carbonyl (C=O) groups excluding carboxylic acids is 1. The van der Waals surface area contributed by atoms with Crippen molar-refractivity contribution in [3.8, 4) is 5.75 Å². The van der Waals surface area contributed by atoms with Crippen LogP contribution in [0.1, 0.15) is 54.7 Å². The molecule has 31 heavy (non-hydrogen) atoms. The van der Waals surface area contributed by atoms with Gasteiger partial charge in [-0.15, -0.1) is 0 Å². The van der Waals surface area contributed by atoms with Crippen molar-refractivity contribution in [3.63, 3.8) is 0 Å². The van der Waals surface area contributed by atoms with Crippen LogP contribution in [0.15, 0.2) is 41.2 Å². The van der Waals surface area contributed by atoms with Gasteiger partial charge in [0.25, 0.3) is 11.5 Å². The first-order valence-electron chi connectivity index (χ1n) is 11.3. The average Bonchev–Trinajstić information content (AvgIpc) is 2.97. The summed E-state index contributed by atoms with van der Waals surface area (Å²) in [5.74, 6) is 1.11. The first-order valence-corrected chi connectivity index (χ1v) is 11.3. The van der Waals surface area contributed by atoms with Crippen LogP contribution in [0.25, 0.3) is 0 Å². The summed E-state index contributed by atoms with van der Waals surface area (Å²) in [5, 5.41) is 3.01. The molecule has 2 heterocycles. The fourth-order valence-electron chi connectivity index (χ4n) is 4.22. The SMILES string of the molecule is COc1cc(=O)n2c(c1C(=O)NCCC(C)C)CCN(CC(C)c1ccccc1)CC2. The number of carbonyl (C=O) groups is 1. The third-order valence-corrected chi connectivity index (χ3v) is 6.04. The van der Waals surface area contributed by atoms with E-state index in [1.165, 1.54) is 18.7 Å². The molecule has 168 valence electrons. The van der Waals surface area contributed by atoms with Gasteiger partial charge in [-0.3, -0.25) is 9.59 Å². The highest BCUT2D eigenvalue weighted by atomic mass is 16.5. The number of benzene rings is 1. The van der Waals surface area contributed by atoms with Crippen LogP contribution in [0.3, 0.4) is 0 Å². The van der Waals surface area contributed by atoms with E-state index in [-0.39, 0.29) is 11.5 Å². The van der Waals surface area contributed by atoms with Gasteiger partial charge in [-0.2, -0.15) is 0 Å². The normalized spacial score (nSPS) is 15.3. The minimum absolute atomic E-state index is 0.108. The van der Waals surface area contributed by atoms with Gasteiger partial charge >= 0.3 is 0 Å². The van der Waals surface area contributed by atoms with Crippen LogP contribution in [-0.4, -0.2) is 48.7 Å². The zero-order valence-electron chi connectivity index (χ0n) is 19.2. The number of aromatic nitrogens is 1. The van der Waals surface area contributed by atoms with Gasteiger partial charge in [0.2, 0.25) is 0 Å². The Balaban J connectivity index is 1.80. The lowest BCUT2D eigenvalue weighted by atomic mass is 10.0. The number of hydrogen-bond acceptors (Lipinski definition) is 4. The largest absolute Gasteiger partial charge is 0.496 e. The fraction of sp³-hybridized carbons (Fsp3) is 0.520. The molecular formula is C25H35N3O3. The third kappa shape index (κ3) is 5.76. The van der Waals surface area contributed by atoms with Crippen LogP contribution in [0, 0.1) is 5.92 Å². The first kappa shape index (κ1) is 23.1. The van der Waals surface area contributed by atoms with Gasteiger partial charge < -0.3 is 19.5 Å². The number of methoxy groups -OCH3 is 1. The van der Waals surface area contributed by atoms with E-state index in [1.807, 2.05) is 6.07 Å². The first-order chi connectivity index (χ1) is 14.9. The molecule has 6 heteroatoms. The maximum absolute atomic E-state index is 13.0. The van der Waals surface area contributed by atoms with Gasteiger partial charge in [0.1, 0.15) is 11.3 Å². The van der Waals surface area contributed by atoms with Gasteiger partial charge in [-0.1, -0.05) is 51.1 Å². The molecule has 1 amide bonds. The summed E-state index contributed by atoms with van der Waals surface area (Å²) in [4.78, 5) is 28.2. The van der Waals surface area contributed by atoms with Crippen LogP contribution in [0.4, 0.5) is 0 Å². The molecule has 0 radical (unpaired) electrons. The number of pyridine rings is 1. The zero-order chi connectivity index (χ0) is 22.4. The second-order valence-electron chi connectivity index (χ2n) is 8.83. The summed E-state index contributed by atoms with van der Waals surface area (Å²) in [7, 11) is 1.52. The second-order valence-corrected chi connectivity index (χ2v) is 8.83. The predicted octanol–water partition coefficient (Wildman–Crippen LogP) is 3.29. The maximum atomic E-state index is 13.0. The van der Waals surface area contributed by atoms with Gasteiger partial charge in [0.15, 0.2) is 0 Å². The van der Waals surface area contributed by atoms with Crippen molar-refractivity contribution in [2.75, 3.05) is 33.3 Å². The molecule has 1 N–H and O–H groups in total. The molecule has 0 aliphatic carbocycles. The smallest absolute Gasteiger partial charge is 0.256 e. The Morgan fingerprint density at radius 3 is 2.55 bits per heavy atom. The maximum Gasteiger partial charge on any atom is 0.256 e. The molecule has 0 spiro atoms. The third-order valence-electron chi connectivity index (χ3n) is 6.04. The quantitative estimate of drug-likeness (QED) is 0.705. The lowest BCUT2D eigenvalue weighted by Crippen LogP contribution is -2.32. The van der Waals surface area contributed by atoms with E-state index in [0.29, 0.717) is 42.7 Å². The van der Waals surface area contributed by atoms with Gasteiger partial charge in [0, 0.05) is 50.9 Å². The van der Waals surface area contributed by atoms with Crippen LogP contribution in [0.5, 0.6) is 5.75 Å². The van der Waals surface area contributed by atoms with E-state index >= 15 is 0 Å². The minimum atomic E-state index is -0.160. The molecule has 1 aromatic heterocycles. The van der Waals surface area contributed by atoms with Crippen molar-refractivity contribution in [2.24, 2.45) is 5.92 Å². The molecule has 0 fully saturated rings. The molecule has 1 aromatic carbocycles. The zero-order valence-corrected chi connectivity index (χ0v) is 19.2. The standard InChI is InChI=1S/C25H35N3O3/c1-18(2)10-12-26-25(30)24-21-11-13-27(17-19(3)20-8-6-5-7-9-20)14-15-28(21)23(29)16-22(24)31-4/h5-9,16,18-19H,10-15,17H2,1-4H3,(H,26,30). The Hall–Kier alpha value is -2.60. The molecule has 0 saturated carbocycles. The second kappa shape index (κ2) is 10.6. The molecule has 1 atom stereocenters. The van der Waals surface area contributed by atoms with E-state index in [2.05, 4.69) is 55.3 Å². The number of fused-ring (bicyclic) bond motifs is 1. The monoisotopic (exact) mass is 425 g/mol. The minimum Gasteiger partial charge on any atom is -0.496 e. The summed E-state index contributed by atoms with van der Waals surface area (Å²) in [6.07, 6.45) is 1.55. The molecule has 0 bridgehead atoms. The summed E-state index contributed by atoms with van der Waals surface area (Å²) in [6.45, 7) is 10.2. The number of hydrogen-bond donors (Lipinski definition) is 1. The highest BCUT2D eigenvalue weighted by Gasteiger charge is 2.25. The molecule has 1 unspecified atom stereocenters. The van der Waals surface area contributed by atoms with Crippen LogP contribution < -0.4 is 15.6 Å². The Labute approximate surface area is 185 Å². The van der Waals surface area contributed by atoms with E-state index < -0.39 is 0 Å². The van der Waals surface area contributed by atoms with Gasteiger partial charge in [-0.05, 0) is 23.8 Å². The number of rotatable bonds is 8. The Kier molecular flexibility index (Phi) is 7.91. The molecule has 0 saturated heterocycles. The lowest BCUT2D eigenvalue weighted by Gasteiger charge is -2.24. The number of nitrogens with one attached hydrogen (secondary N) is 1. The van der Waals surface area contributed by atoms with E-state index in [1.54, 1.807) is 4.57 Å². The molecule has 1 aliphatic heterocycles. The van der Waals surface area contributed by atoms with Crippen molar-refractivity contribution in [2.45, 2.75) is 46.1 Å². The van der Waals surface area contributed by atoms with E-state index in [4.69, 9.17) is 4.74 Å². The highest BCUT2D eigenvalue weighted by molar-refractivity contribution is 5.98. The summed E-state index contributed by atoms with van der Waals surface area (Å²) >= 11 is 0. The van der Waals surface area contributed by atoms with E-state index in [0.717, 1.165) is 31.7 Å². The van der Waals surface area contributed by atoms with Crippen molar-refractivity contribution in [1.29, 1.82) is 0 Å². The van der Waals surface area contributed by atoms with Crippen LogP contribution >= 0.6 is 0 Å². The van der Waals surface area contributed by atoms with Crippen LogP contribution in [-0.2, 0) is 13.0 Å². The average molecular weight is 426 g/mol. The molecule has 6 nitrogen and oxygen atoms in total. The fourth-order valence-corrected chi connectivity index (χ4v) is 4.22. The Morgan fingerprint density at radius 2 is 1.87 bits per heavy atom. The van der Waals surface area contributed by atoms with Crippen LogP contribution in [0.2, 0.25) is 0 Å². The summed E-state index contributed by atoms with van der Waals surface area (Å²) in [5.41, 5.74) is 2.49. The number of ether oxygens (including phenoxy) is 1. The van der Waals surface area contributed by atoms with Crippen molar-refractivity contribution < 1.29 is 9.53 Å². The topological polar surface area (TPSA) is 63.6 Å². The van der Waals surface area contributed by atoms with Gasteiger partial charge in [0.05, 0.1) is 7.11 Å². The van der Waals surface area contributed by atoms with Gasteiger partial charge in [-0.25, -0.2) is 0 Å². The molecule has 1 aliphatic rings. The summed E-state index contributed by atoms with van der Waals surface area (Å²) in [6, 6.07) is 11.9. The highest BCUT2D eigenvalue weighted by Crippen LogP contribution is 2.24. The Bertz CT molecular complexity index is 937. The number of amides is 1. The van der Waals surface area contributed by atoms with Crippen molar-refractivity contribution in [1.82, 2.24) is 14.8 Å². The summed E-state index contributed by atoms with van der Waals surface area (Å²) < 4.78 is 7.20. The van der Waals surface area contributed by atoms with E-state index in [9.17, 15) is 9.59 Å². The molecule has 2 aromatic rings. The predicted molar refractivity (Wildman–Crippen MR) is 124 cm³/mol. The molecule has 3 rings (SSSR count). The van der Waals surface area contributed by atoms with Crippen molar-refractivity contribution in [3.05, 3.63) is 63.6 Å².